The molecule has 0 saturated heterocycles. The highest BCUT2D eigenvalue weighted by atomic mass is 16.4. The van der Waals surface area contributed by atoms with Crippen molar-refractivity contribution in [2.75, 3.05) is 13.1 Å². The van der Waals surface area contributed by atoms with Gasteiger partial charge in [0.1, 0.15) is 5.54 Å². The Balaban J connectivity index is 1.53. The van der Waals surface area contributed by atoms with Gasteiger partial charge in [-0.1, -0.05) is 6.42 Å². The minimum atomic E-state index is -0.950. The SMILES string of the molecule is NC1(C(=O)O)CCCC1CCN(CC1CC1)C1CC1. The lowest BCUT2D eigenvalue weighted by Crippen LogP contribution is -2.51. The van der Waals surface area contributed by atoms with Gasteiger partial charge in [-0.3, -0.25) is 4.79 Å². The van der Waals surface area contributed by atoms with Gasteiger partial charge in [0.2, 0.25) is 0 Å². The summed E-state index contributed by atoms with van der Waals surface area (Å²) in [6.45, 7) is 2.29. The van der Waals surface area contributed by atoms with Gasteiger partial charge < -0.3 is 15.7 Å². The van der Waals surface area contributed by atoms with Crippen molar-refractivity contribution in [2.45, 2.75) is 62.9 Å². The lowest BCUT2D eigenvalue weighted by Gasteiger charge is -2.30. The summed E-state index contributed by atoms with van der Waals surface area (Å²) in [5, 5.41) is 9.35. The average Bonchev–Trinajstić information content (AvgIpc) is 3.24. The number of rotatable bonds is 7. The fourth-order valence-electron chi connectivity index (χ4n) is 3.60. The number of carbonyl (C=O) groups is 1. The number of carboxylic acids is 1. The zero-order chi connectivity index (χ0) is 13.5. The Morgan fingerprint density at radius 2 is 2.00 bits per heavy atom. The molecular weight excluding hydrogens is 240 g/mol. The molecule has 108 valence electrons. The lowest BCUT2D eigenvalue weighted by molar-refractivity contribution is -0.144. The van der Waals surface area contributed by atoms with Gasteiger partial charge in [-0.15, -0.1) is 0 Å². The number of hydrogen-bond acceptors (Lipinski definition) is 3. The maximum absolute atomic E-state index is 11.4. The maximum Gasteiger partial charge on any atom is 0.323 e. The van der Waals surface area contributed by atoms with Crippen molar-refractivity contribution in [1.82, 2.24) is 4.90 Å². The second-order valence-electron chi connectivity index (χ2n) is 6.89. The largest absolute Gasteiger partial charge is 0.480 e. The van der Waals surface area contributed by atoms with E-state index >= 15 is 0 Å². The molecule has 0 aliphatic heterocycles. The smallest absolute Gasteiger partial charge is 0.323 e. The number of carboxylic acid groups (broad SMARTS) is 1. The van der Waals surface area contributed by atoms with Crippen molar-refractivity contribution >= 4 is 5.97 Å². The highest BCUT2D eigenvalue weighted by Gasteiger charge is 2.46. The molecule has 0 bridgehead atoms. The predicted octanol–water partition coefficient (Wildman–Crippen LogP) is 1.83. The van der Waals surface area contributed by atoms with Crippen LogP contribution in [0.4, 0.5) is 0 Å². The highest BCUT2D eigenvalue weighted by molar-refractivity contribution is 5.79. The topological polar surface area (TPSA) is 66.6 Å². The minimum absolute atomic E-state index is 0.172. The quantitative estimate of drug-likeness (QED) is 0.738. The predicted molar refractivity (Wildman–Crippen MR) is 73.8 cm³/mol. The van der Waals surface area contributed by atoms with Crippen molar-refractivity contribution in [3.8, 4) is 0 Å². The van der Waals surface area contributed by atoms with Crippen LogP contribution in [0.25, 0.3) is 0 Å². The van der Waals surface area contributed by atoms with Gasteiger partial charge in [0.25, 0.3) is 0 Å². The third kappa shape index (κ3) is 2.95. The van der Waals surface area contributed by atoms with Crippen LogP contribution in [0, 0.1) is 11.8 Å². The van der Waals surface area contributed by atoms with E-state index in [2.05, 4.69) is 4.90 Å². The average molecular weight is 266 g/mol. The summed E-state index contributed by atoms with van der Waals surface area (Å²) in [4.78, 5) is 14.0. The third-order valence-corrected chi connectivity index (χ3v) is 5.29. The van der Waals surface area contributed by atoms with Gasteiger partial charge in [0, 0.05) is 12.6 Å². The first-order valence-electron chi connectivity index (χ1n) is 7.86. The Morgan fingerprint density at radius 1 is 1.26 bits per heavy atom. The summed E-state index contributed by atoms with van der Waals surface area (Å²) in [5.41, 5.74) is 5.17. The molecular formula is C15H26N2O2. The molecule has 3 rings (SSSR count). The van der Waals surface area contributed by atoms with Crippen molar-refractivity contribution in [3.63, 3.8) is 0 Å². The molecule has 3 aliphatic rings. The molecule has 0 spiro atoms. The van der Waals surface area contributed by atoms with Crippen LogP contribution in [-0.4, -0.2) is 40.6 Å². The minimum Gasteiger partial charge on any atom is -0.480 e. The molecule has 19 heavy (non-hydrogen) atoms. The van der Waals surface area contributed by atoms with E-state index in [1.54, 1.807) is 0 Å². The van der Waals surface area contributed by atoms with Crippen molar-refractivity contribution in [2.24, 2.45) is 17.6 Å². The van der Waals surface area contributed by atoms with Gasteiger partial charge in [-0.2, -0.15) is 0 Å². The van der Waals surface area contributed by atoms with Crippen molar-refractivity contribution in [1.29, 1.82) is 0 Å². The zero-order valence-corrected chi connectivity index (χ0v) is 11.7. The van der Waals surface area contributed by atoms with Crippen LogP contribution in [0.1, 0.15) is 51.4 Å². The molecule has 0 aromatic heterocycles. The van der Waals surface area contributed by atoms with E-state index in [0.717, 1.165) is 37.8 Å². The van der Waals surface area contributed by atoms with Crippen LogP contribution in [0.2, 0.25) is 0 Å². The first-order valence-corrected chi connectivity index (χ1v) is 7.86. The summed E-state index contributed by atoms with van der Waals surface area (Å²) in [6, 6.07) is 0.791. The van der Waals surface area contributed by atoms with Crippen LogP contribution < -0.4 is 5.73 Å². The molecule has 0 aromatic carbocycles. The molecule has 4 nitrogen and oxygen atoms in total. The Bertz CT molecular complexity index is 352. The Hall–Kier alpha value is -0.610. The molecule has 0 heterocycles. The Kier molecular flexibility index (Phi) is 3.56. The van der Waals surface area contributed by atoms with E-state index in [1.807, 2.05) is 0 Å². The normalized spacial score (nSPS) is 34.9. The van der Waals surface area contributed by atoms with Crippen molar-refractivity contribution < 1.29 is 9.90 Å². The summed E-state index contributed by atoms with van der Waals surface area (Å²) in [5.74, 6) is 0.298. The van der Waals surface area contributed by atoms with Gasteiger partial charge in [0.05, 0.1) is 0 Å². The fourth-order valence-corrected chi connectivity index (χ4v) is 3.60. The highest BCUT2D eigenvalue weighted by Crippen LogP contribution is 2.39. The number of nitrogens with zero attached hydrogens (tertiary/aromatic N) is 1. The fraction of sp³-hybridized carbons (Fsp3) is 0.933. The van der Waals surface area contributed by atoms with Crippen LogP contribution in [0.15, 0.2) is 0 Å². The molecule has 3 fully saturated rings. The Labute approximate surface area is 115 Å². The second kappa shape index (κ2) is 5.06. The van der Waals surface area contributed by atoms with Crippen LogP contribution in [-0.2, 0) is 4.79 Å². The van der Waals surface area contributed by atoms with Crippen LogP contribution in [0.5, 0.6) is 0 Å². The van der Waals surface area contributed by atoms with Gasteiger partial charge in [-0.25, -0.2) is 0 Å². The maximum atomic E-state index is 11.4. The monoisotopic (exact) mass is 266 g/mol. The number of aliphatic carboxylic acids is 1. The zero-order valence-electron chi connectivity index (χ0n) is 11.7. The molecule has 3 saturated carbocycles. The first kappa shape index (κ1) is 13.4. The van der Waals surface area contributed by atoms with E-state index < -0.39 is 11.5 Å². The summed E-state index contributed by atoms with van der Waals surface area (Å²) < 4.78 is 0. The standard InChI is InChI=1S/C15H26N2O2/c16-15(14(18)19)8-1-2-12(15)7-9-17(13-5-6-13)10-11-3-4-11/h11-13H,1-10,16H2,(H,18,19). The van der Waals surface area contributed by atoms with E-state index in [9.17, 15) is 9.90 Å². The molecule has 2 unspecified atom stereocenters. The second-order valence-corrected chi connectivity index (χ2v) is 6.89. The van der Waals surface area contributed by atoms with E-state index in [1.165, 1.54) is 32.2 Å². The summed E-state index contributed by atoms with van der Waals surface area (Å²) >= 11 is 0. The van der Waals surface area contributed by atoms with Crippen LogP contribution in [0.3, 0.4) is 0 Å². The van der Waals surface area contributed by atoms with Gasteiger partial charge in [-0.05, 0) is 63.3 Å². The number of nitrogens with two attached hydrogens (primary N) is 1. The molecule has 2 atom stereocenters. The summed E-state index contributed by atoms with van der Waals surface area (Å²) in [6.07, 6.45) is 9.04. The lowest BCUT2D eigenvalue weighted by atomic mass is 9.85. The molecule has 4 heteroatoms. The number of hydrogen-bond donors (Lipinski definition) is 2. The van der Waals surface area contributed by atoms with Gasteiger partial charge >= 0.3 is 5.97 Å². The molecule has 3 aliphatic carbocycles. The first-order chi connectivity index (χ1) is 9.09. The van der Waals surface area contributed by atoms with E-state index in [-0.39, 0.29) is 5.92 Å². The summed E-state index contributed by atoms with van der Waals surface area (Å²) in [7, 11) is 0. The van der Waals surface area contributed by atoms with Crippen LogP contribution >= 0.6 is 0 Å². The van der Waals surface area contributed by atoms with Gasteiger partial charge in [0.15, 0.2) is 0 Å². The van der Waals surface area contributed by atoms with Crippen molar-refractivity contribution in [3.05, 3.63) is 0 Å². The van der Waals surface area contributed by atoms with E-state index in [0.29, 0.717) is 6.42 Å². The molecule has 0 aromatic rings. The third-order valence-electron chi connectivity index (χ3n) is 5.29. The molecule has 0 amide bonds. The molecule has 3 N–H and O–H groups in total. The molecule has 0 radical (unpaired) electrons. The van der Waals surface area contributed by atoms with E-state index in [4.69, 9.17) is 5.73 Å². The Morgan fingerprint density at radius 3 is 2.58 bits per heavy atom.